The quantitative estimate of drug-likeness (QED) is 0.613. The molecule has 4 nitrogen and oxygen atoms in total. The van der Waals surface area contributed by atoms with Gasteiger partial charge in [0.15, 0.2) is 0 Å². The topological polar surface area (TPSA) is 40.0 Å². The Morgan fingerprint density at radius 3 is 1.80 bits per heavy atom. The molecule has 0 aliphatic heterocycles. The van der Waals surface area contributed by atoms with Crippen molar-refractivity contribution in [1.29, 1.82) is 0 Å². The number of quaternary nitrogens is 1. The molecule has 92 valence electrons. The summed E-state index contributed by atoms with van der Waals surface area (Å²) in [5.74, 6) is 0. The van der Waals surface area contributed by atoms with E-state index < -0.39 is 7.60 Å². The smallest absolute Gasteiger partial charge is 0.335 e. The van der Waals surface area contributed by atoms with Gasteiger partial charge in [0.05, 0.1) is 39.0 Å². The molecule has 0 radical (unpaired) electrons. The van der Waals surface area contributed by atoms with Crippen molar-refractivity contribution in [2.75, 3.05) is 39.0 Å². The molecule has 0 spiro atoms. The third-order valence-corrected chi connectivity index (χ3v) is 4.47. The maximum Gasteiger partial charge on any atom is 0.336 e. The Bertz CT molecular complexity index is 185. The second kappa shape index (κ2) is 8.28. The van der Waals surface area contributed by atoms with Crippen LogP contribution in [-0.4, -0.2) is 39.0 Å². The molecule has 0 amide bonds. The van der Waals surface area contributed by atoms with Crippen molar-refractivity contribution in [2.45, 2.75) is 27.7 Å². The highest BCUT2D eigenvalue weighted by atomic mass is 31.2. The lowest BCUT2D eigenvalue weighted by Crippen LogP contribution is -3.11. The summed E-state index contributed by atoms with van der Waals surface area (Å²) >= 11 is 0. The van der Waals surface area contributed by atoms with Crippen molar-refractivity contribution in [3.63, 3.8) is 0 Å². The molecule has 0 atom stereocenters. The van der Waals surface area contributed by atoms with E-state index in [4.69, 9.17) is 9.05 Å². The molecule has 0 heterocycles. The predicted molar refractivity (Wildman–Crippen MR) is 62.6 cm³/mol. The monoisotopic (exact) mass is 238 g/mol. The molecule has 0 aromatic rings. The molecule has 0 aromatic carbocycles. The standard InChI is InChI=1S/C10H24NO3P/c1-5-11(6-2)9-10-15(12,13-7-3)14-8-4/h5-10H2,1-4H3/p+1. The first kappa shape index (κ1) is 15.1. The summed E-state index contributed by atoms with van der Waals surface area (Å²) in [6.07, 6.45) is 0.520. The van der Waals surface area contributed by atoms with Gasteiger partial charge in [0.2, 0.25) is 0 Å². The minimum absolute atomic E-state index is 0.449. The van der Waals surface area contributed by atoms with Crippen molar-refractivity contribution >= 4 is 7.60 Å². The summed E-state index contributed by atoms with van der Waals surface area (Å²) in [6.45, 7) is 11.8. The fourth-order valence-corrected chi connectivity index (χ4v) is 3.17. The van der Waals surface area contributed by atoms with Crippen LogP contribution in [0, 0.1) is 0 Å². The summed E-state index contributed by atoms with van der Waals surface area (Å²) in [4.78, 5) is 1.43. The SMILES string of the molecule is CCOP(=O)(CC[NH+](CC)CC)OCC. The number of hydrogen-bond donors (Lipinski definition) is 1. The molecule has 0 saturated heterocycles. The van der Waals surface area contributed by atoms with Gasteiger partial charge in [0, 0.05) is 0 Å². The molecule has 0 unspecified atom stereocenters. The highest BCUT2D eigenvalue weighted by Crippen LogP contribution is 2.47. The summed E-state index contributed by atoms with van der Waals surface area (Å²) < 4.78 is 22.6. The van der Waals surface area contributed by atoms with E-state index in [-0.39, 0.29) is 0 Å². The van der Waals surface area contributed by atoms with E-state index in [0.29, 0.717) is 19.4 Å². The third kappa shape index (κ3) is 6.31. The Balaban J connectivity index is 4.10. The van der Waals surface area contributed by atoms with Crippen LogP contribution >= 0.6 is 7.60 Å². The number of nitrogens with one attached hydrogen (secondary N) is 1. The van der Waals surface area contributed by atoms with Gasteiger partial charge >= 0.3 is 7.60 Å². The normalized spacial score (nSPS) is 12.3. The fraction of sp³-hybridized carbons (Fsp3) is 1.00. The van der Waals surface area contributed by atoms with Crippen LogP contribution in [0.5, 0.6) is 0 Å². The molecule has 15 heavy (non-hydrogen) atoms. The van der Waals surface area contributed by atoms with E-state index in [1.807, 2.05) is 13.8 Å². The van der Waals surface area contributed by atoms with Crippen molar-refractivity contribution in [1.82, 2.24) is 0 Å². The van der Waals surface area contributed by atoms with Gasteiger partial charge in [-0.3, -0.25) is 4.57 Å². The minimum atomic E-state index is -2.82. The van der Waals surface area contributed by atoms with Gasteiger partial charge in [-0.05, 0) is 27.7 Å². The molecule has 0 aromatic heterocycles. The summed E-state index contributed by atoms with van der Waals surface area (Å²) in [7, 11) is -2.82. The van der Waals surface area contributed by atoms with Crippen LogP contribution in [0.2, 0.25) is 0 Å². The van der Waals surface area contributed by atoms with Crippen LogP contribution in [0.4, 0.5) is 0 Å². The Hall–Kier alpha value is 0.110. The minimum Gasteiger partial charge on any atom is -0.335 e. The van der Waals surface area contributed by atoms with Crippen molar-refractivity contribution in [2.24, 2.45) is 0 Å². The zero-order valence-electron chi connectivity index (χ0n) is 10.4. The van der Waals surface area contributed by atoms with E-state index in [0.717, 1.165) is 19.6 Å². The Morgan fingerprint density at radius 2 is 1.47 bits per heavy atom. The molecule has 0 fully saturated rings. The summed E-state index contributed by atoms with van der Waals surface area (Å²) in [5, 5.41) is 0. The largest absolute Gasteiger partial charge is 0.336 e. The first-order valence-corrected chi connectivity index (χ1v) is 7.56. The summed E-state index contributed by atoms with van der Waals surface area (Å²) in [5.41, 5.74) is 0. The van der Waals surface area contributed by atoms with Gasteiger partial charge < -0.3 is 13.9 Å². The van der Waals surface area contributed by atoms with Crippen LogP contribution in [0.3, 0.4) is 0 Å². The van der Waals surface area contributed by atoms with Gasteiger partial charge in [-0.15, -0.1) is 0 Å². The van der Waals surface area contributed by atoms with Gasteiger partial charge in [-0.25, -0.2) is 0 Å². The van der Waals surface area contributed by atoms with E-state index >= 15 is 0 Å². The van der Waals surface area contributed by atoms with E-state index in [9.17, 15) is 4.57 Å². The first-order chi connectivity index (χ1) is 7.11. The lowest BCUT2D eigenvalue weighted by Gasteiger charge is -2.20. The van der Waals surface area contributed by atoms with Crippen LogP contribution in [-0.2, 0) is 13.6 Å². The molecule has 5 heteroatoms. The molecule has 0 saturated carbocycles. The van der Waals surface area contributed by atoms with Crippen molar-refractivity contribution in [3.05, 3.63) is 0 Å². The van der Waals surface area contributed by atoms with E-state index in [2.05, 4.69) is 13.8 Å². The fourth-order valence-electron chi connectivity index (χ4n) is 1.46. The van der Waals surface area contributed by atoms with Crippen LogP contribution in [0.25, 0.3) is 0 Å². The van der Waals surface area contributed by atoms with Crippen LogP contribution < -0.4 is 4.90 Å². The Labute approximate surface area is 93.5 Å². The van der Waals surface area contributed by atoms with Gasteiger partial charge in [0.1, 0.15) is 0 Å². The first-order valence-electron chi connectivity index (χ1n) is 5.83. The second-order valence-electron chi connectivity index (χ2n) is 3.38. The maximum absolute atomic E-state index is 12.1. The highest BCUT2D eigenvalue weighted by Gasteiger charge is 2.25. The molecular weight excluding hydrogens is 213 g/mol. The lowest BCUT2D eigenvalue weighted by atomic mass is 10.5. The van der Waals surface area contributed by atoms with Crippen LogP contribution in [0.1, 0.15) is 27.7 Å². The molecule has 0 aliphatic rings. The van der Waals surface area contributed by atoms with Gasteiger partial charge in [-0.2, -0.15) is 0 Å². The second-order valence-corrected chi connectivity index (χ2v) is 5.56. The van der Waals surface area contributed by atoms with E-state index in [1.165, 1.54) is 4.90 Å². The van der Waals surface area contributed by atoms with Crippen molar-refractivity contribution in [3.8, 4) is 0 Å². The van der Waals surface area contributed by atoms with Crippen LogP contribution in [0.15, 0.2) is 0 Å². The Kier molecular flexibility index (Phi) is 8.34. The third-order valence-electron chi connectivity index (χ3n) is 2.39. The zero-order valence-corrected chi connectivity index (χ0v) is 11.3. The highest BCUT2D eigenvalue weighted by molar-refractivity contribution is 7.53. The lowest BCUT2D eigenvalue weighted by molar-refractivity contribution is -0.893. The summed E-state index contributed by atoms with van der Waals surface area (Å²) in [6, 6.07) is 0. The molecule has 0 rings (SSSR count). The van der Waals surface area contributed by atoms with Crippen molar-refractivity contribution < 1.29 is 18.5 Å². The molecular formula is C10H25NO3P+. The average Bonchev–Trinajstić information content (AvgIpc) is 2.20. The van der Waals surface area contributed by atoms with E-state index in [1.54, 1.807) is 0 Å². The Morgan fingerprint density at radius 1 is 1.00 bits per heavy atom. The molecule has 0 aliphatic carbocycles. The average molecular weight is 238 g/mol. The molecule has 1 N–H and O–H groups in total. The maximum atomic E-state index is 12.1. The number of rotatable bonds is 9. The number of hydrogen-bond acceptors (Lipinski definition) is 3. The van der Waals surface area contributed by atoms with Gasteiger partial charge in [-0.1, -0.05) is 0 Å². The predicted octanol–water partition coefficient (Wildman–Crippen LogP) is 1.18. The molecule has 0 bridgehead atoms. The zero-order chi connectivity index (χ0) is 11.7. The van der Waals surface area contributed by atoms with Gasteiger partial charge in [0.25, 0.3) is 0 Å².